The van der Waals surface area contributed by atoms with Crippen LogP contribution in [0.2, 0.25) is 0 Å². The Morgan fingerprint density at radius 2 is 1.75 bits per heavy atom. The van der Waals surface area contributed by atoms with Crippen molar-refractivity contribution in [3.8, 4) is 11.5 Å². The van der Waals surface area contributed by atoms with Crippen LogP contribution in [0.25, 0.3) is 0 Å². The maximum absolute atomic E-state index is 9.83. The van der Waals surface area contributed by atoms with E-state index in [1.165, 1.54) is 5.56 Å². The summed E-state index contributed by atoms with van der Waals surface area (Å²) in [4.78, 5) is 2.30. The van der Waals surface area contributed by atoms with Gasteiger partial charge in [0.05, 0.1) is 0 Å². The summed E-state index contributed by atoms with van der Waals surface area (Å²) in [6, 6.07) is 13.8. The summed E-state index contributed by atoms with van der Waals surface area (Å²) in [6.07, 6.45) is 0.892. The van der Waals surface area contributed by atoms with Gasteiger partial charge >= 0.3 is 0 Å². The molecule has 1 aliphatic heterocycles. The highest BCUT2D eigenvalue weighted by atomic mass is 16.3. The van der Waals surface area contributed by atoms with Crippen molar-refractivity contribution in [2.24, 2.45) is 0 Å². The van der Waals surface area contributed by atoms with E-state index in [9.17, 15) is 10.2 Å². The quantitative estimate of drug-likeness (QED) is 0.782. The summed E-state index contributed by atoms with van der Waals surface area (Å²) >= 11 is 0. The molecule has 1 atom stereocenters. The molecule has 0 unspecified atom stereocenters. The molecule has 3 heteroatoms. The first kappa shape index (κ1) is 13.0. The van der Waals surface area contributed by atoms with Crippen molar-refractivity contribution in [3.63, 3.8) is 0 Å². The van der Waals surface area contributed by atoms with Crippen molar-refractivity contribution in [2.45, 2.75) is 12.3 Å². The van der Waals surface area contributed by atoms with E-state index in [0.29, 0.717) is 0 Å². The number of fused-ring (bicyclic) bond motifs is 1. The summed E-state index contributed by atoms with van der Waals surface area (Å²) in [5, 5.41) is 19.6. The molecule has 3 rings (SSSR count). The zero-order valence-corrected chi connectivity index (χ0v) is 11.6. The summed E-state index contributed by atoms with van der Waals surface area (Å²) in [5.74, 6) is 0.166. The first-order valence-corrected chi connectivity index (χ1v) is 6.93. The van der Waals surface area contributed by atoms with Gasteiger partial charge in [-0.25, -0.2) is 0 Å². The van der Waals surface area contributed by atoms with Crippen LogP contribution in [0.15, 0.2) is 42.5 Å². The number of phenols is 2. The summed E-state index contributed by atoms with van der Waals surface area (Å²) in [6.45, 7) is 1.88. The van der Waals surface area contributed by atoms with Gasteiger partial charge in [0, 0.05) is 19.0 Å². The van der Waals surface area contributed by atoms with Gasteiger partial charge in [0.2, 0.25) is 0 Å². The van der Waals surface area contributed by atoms with Crippen molar-refractivity contribution < 1.29 is 10.2 Å². The zero-order chi connectivity index (χ0) is 14.1. The molecular weight excluding hydrogens is 249 g/mol. The minimum Gasteiger partial charge on any atom is -0.504 e. The van der Waals surface area contributed by atoms with Crippen molar-refractivity contribution in [2.75, 3.05) is 20.1 Å². The van der Waals surface area contributed by atoms with Crippen molar-refractivity contribution in [1.82, 2.24) is 4.90 Å². The van der Waals surface area contributed by atoms with Crippen LogP contribution >= 0.6 is 0 Å². The Kier molecular flexibility index (Phi) is 3.36. The fourth-order valence-electron chi connectivity index (χ4n) is 2.96. The molecule has 0 amide bonds. The van der Waals surface area contributed by atoms with Crippen LogP contribution in [0, 0.1) is 0 Å². The SMILES string of the molecule is [11CH3]N1CCc2cc(O)c(O)cc2[C@@H](c2ccccc2)C1. The van der Waals surface area contributed by atoms with E-state index < -0.39 is 0 Å². The van der Waals surface area contributed by atoms with Gasteiger partial charge in [0.25, 0.3) is 0 Å². The largest absolute Gasteiger partial charge is 0.504 e. The lowest BCUT2D eigenvalue weighted by molar-refractivity contribution is 0.338. The Morgan fingerprint density at radius 1 is 1.05 bits per heavy atom. The highest BCUT2D eigenvalue weighted by Crippen LogP contribution is 2.37. The number of hydrogen-bond acceptors (Lipinski definition) is 3. The lowest BCUT2D eigenvalue weighted by atomic mass is 9.87. The first-order valence-electron chi connectivity index (χ1n) is 6.93. The molecule has 0 fully saturated rings. The van der Waals surface area contributed by atoms with Gasteiger partial charge in [-0.3, -0.25) is 0 Å². The molecule has 0 saturated carbocycles. The highest BCUT2D eigenvalue weighted by Gasteiger charge is 2.24. The maximum Gasteiger partial charge on any atom is 0.157 e. The molecule has 3 nitrogen and oxygen atoms in total. The van der Waals surface area contributed by atoms with E-state index in [2.05, 4.69) is 24.1 Å². The molecule has 104 valence electrons. The van der Waals surface area contributed by atoms with E-state index in [4.69, 9.17) is 0 Å². The average molecular weight is 268 g/mol. The second kappa shape index (κ2) is 5.17. The Hall–Kier alpha value is -2.00. The Balaban J connectivity index is 2.12. The molecular formula is C17H19NO2. The minimum atomic E-state index is -0.0331. The van der Waals surface area contributed by atoms with Gasteiger partial charge in [-0.2, -0.15) is 0 Å². The number of rotatable bonds is 1. The van der Waals surface area contributed by atoms with Crippen LogP contribution < -0.4 is 0 Å². The molecule has 20 heavy (non-hydrogen) atoms. The fourth-order valence-corrected chi connectivity index (χ4v) is 2.96. The van der Waals surface area contributed by atoms with Crippen molar-refractivity contribution >= 4 is 0 Å². The lowest BCUT2D eigenvalue weighted by Gasteiger charge is -2.22. The monoisotopic (exact) mass is 268 g/mol. The van der Waals surface area contributed by atoms with Crippen LogP contribution in [0.5, 0.6) is 11.5 Å². The molecule has 0 spiro atoms. The van der Waals surface area contributed by atoms with E-state index in [1.807, 2.05) is 18.2 Å². The van der Waals surface area contributed by atoms with Gasteiger partial charge in [-0.1, -0.05) is 30.3 Å². The molecule has 1 aliphatic rings. The number of nitrogens with zero attached hydrogens (tertiary/aromatic N) is 1. The van der Waals surface area contributed by atoms with Gasteiger partial charge in [0.15, 0.2) is 11.5 Å². The number of phenolic OH excluding ortho intramolecular Hbond substituents is 2. The Labute approximate surface area is 119 Å². The van der Waals surface area contributed by atoms with Crippen molar-refractivity contribution in [1.29, 1.82) is 0 Å². The summed E-state index contributed by atoms with van der Waals surface area (Å²) < 4.78 is 0. The predicted octanol–water partition coefficient (Wildman–Crippen LogP) is 2.72. The van der Waals surface area contributed by atoms with Crippen molar-refractivity contribution in [3.05, 3.63) is 59.2 Å². The first-order chi connectivity index (χ1) is 9.65. The maximum atomic E-state index is 9.83. The molecule has 1 heterocycles. The number of aromatic hydroxyl groups is 2. The van der Waals surface area contributed by atoms with Crippen LogP contribution in [0.3, 0.4) is 0 Å². The van der Waals surface area contributed by atoms with E-state index >= 15 is 0 Å². The second-order valence-corrected chi connectivity index (χ2v) is 5.52. The topological polar surface area (TPSA) is 43.7 Å². The molecule has 0 aromatic heterocycles. The van der Waals surface area contributed by atoms with Crippen LogP contribution in [0.4, 0.5) is 0 Å². The van der Waals surface area contributed by atoms with Gasteiger partial charge in [-0.05, 0) is 42.3 Å². The molecule has 2 N–H and O–H groups in total. The van der Waals surface area contributed by atoms with E-state index in [0.717, 1.165) is 30.6 Å². The number of hydrogen-bond donors (Lipinski definition) is 2. The van der Waals surface area contributed by atoms with Crippen LogP contribution in [-0.2, 0) is 6.42 Å². The third-order valence-corrected chi connectivity index (χ3v) is 4.07. The Bertz CT molecular complexity index is 610. The van der Waals surface area contributed by atoms with Gasteiger partial charge in [-0.15, -0.1) is 0 Å². The molecule has 2 aromatic rings. The minimum absolute atomic E-state index is 0.0277. The normalized spacial score (nSPS) is 19.4. The average Bonchev–Trinajstić information content (AvgIpc) is 2.61. The van der Waals surface area contributed by atoms with E-state index in [-0.39, 0.29) is 17.4 Å². The third-order valence-electron chi connectivity index (χ3n) is 4.07. The molecule has 0 bridgehead atoms. The molecule has 0 saturated heterocycles. The smallest absolute Gasteiger partial charge is 0.157 e. The van der Waals surface area contributed by atoms with Crippen LogP contribution in [0.1, 0.15) is 22.6 Å². The number of benzene rings is 2. The standard InChI is InChI=1S/C17H19NO2/c1-18-8-7-13-9-16(19)17(20)10-14(13)15(11-18)12-5-3-2-4-6-12/h2-6,9-10,15,19-20H,7-8,11H2,1H3/t15-/m1/s1/i1-1. The van der Waals surface area contributed by atoms with Crippen LogP contribution in [-0.4, -0.2) is 35.3 Å². The van der Waals surface area contributed by atoms with E-state index in [1.54, 1.807) is 12.1 Å². The third kappa shape index (κ3) is 2.37. The zero-order valence-electron chi connectivity index (χ0n) is 11.6. The van der Waals surface area contributed by atoms with Gasteiger partial charge in [0.1, 0.15) is 0 Å². The number of likely N-dealkylation sites (N-methyl/N-ethyl adjacent to an activating group) is 1. The summed E-state index contributed by atoms with van der Waals surface area (Å²) in [7, 11) is 2.11. The molecule has 0 aliphatic carbocycles. The Morgan fingerprint density at radius 3 is 2.50 bits per heavy atom. The predicted molar refractivity (Wildman–Crippen MR) is 79.3 cm³/mol. The lowest BCUT2D eigenvalue weighted by Crippen LogP contribution is -2.24. The van der Waals surface area contributed by atoms with Gasteiger partial charge < -0.3 is 15.1 Å². The molecule has 0 radical (unpaired) electrons. The highest BCUT2D eigenvalue weighted by molar-refractivity contribution is 5.50. The second-order valence-electron chi connectivity index (χ2n) is 5.52. The summed E-state index contributed by atoms with van der Waals surface area (Å²) in [5.41, 5.74) is 3.49. The molecule has 2 aromatic carbocycles. The fraction of sp³-hybridized carbons (Fsp3) is 0.294.